The van der Waals surface area contributed by atoms with Gasteiger partial charge in [0.05, 0.1) is 11.3 Å². The fraction of sp³-hybridized carbons (Fsp3) is 0.250. The number of carbonyl (C=O) groups is 3. The van der Waals surface area contributed by atoms with Crippen molar-refractivity contribution in [2.75, 3.05) is 4.90 Å². The number of imide groups is 1. The second-order valence-electron chi connectivity index (χ2n) is 4.14. The number of nitrogens with zero attached hydrogens (tertiary/aromatic N) is 1. The second-order valence-corrected chi connectivity index (χ2v) is 4.14. The molecular formula is C12H10FNO4. The quantitative estimate of drug-likeness (QED) is 0.807. The highest BCUT2D eigenvalue weighted by Gasteiger charge is 2.37. The van der Waals surface area contributed by atoms with E-state index in [1.54, 1.807) is 6.92 Å². The highest BCUT2D eigenvalue weighted by molar-refractivity contribution is 6.21. The minimum Gasteiger partial charge on any atom is -0.478 e. The maximum atomic E-state index is 13.2. The van der Waals surface area contributed by atoms with Gasteiger partial charge in [-0.25, -0.2) is 9.18 Å². The van der Waals surface area contributed by atoms with Crippen LogP contribution in [0.3, 0.4) is 0 Å². The summed E-state index contributed by atoms with van der Waals surface area (Å²) >= 11 is 0. The van der Waals surface area contributed by atoms with Crippen LogP contribution in [0.4, 0.5) is 10.1 Å². The van der Waals surface area contributed by atoms with Crippen molar-refractivity contribution >= 4 is 23.5 Å². The van der Waals surface area contributed by atoms with Crippen LogP contribution in [0.25, 0.3) is 0 Å². The van der Waals surface area contributed by atoms with Gasteiger partial charge in [-0.2, -0.15) is 0 Å². The number of aromatic carboxylic acids is 1. The van der Waals surface area contributed by atoms with Crippen LogP contribution in [-0.2, 0) is 9.59 Å². The highest BCUT2D eigenvalue weighted by atomic mass is 19.1. The van der Waals surface area contributed by atoms with Crippen molar-refractivity contribution in [1.82, 2.24) is 0 Å². The summed E-state index contributed by atoms with van der Waals surface area (Å²) in [6.45, 7) is 1.61. The lowest BCUT2D eigenvalue weighted by molar-refractivity contribution is -0.122. The summed E-state index contributed by atoms with van der Waals surface area (Å²) in [6.07, 6.45) is 0.0820. The molecule has 6 heteroatoms. The Balaban J connectivity index is 2.46. The van der Waals surface area contributed by atoms with Gasteiger partial charge >= 0.3 is 5.97 Å². The summed E-state index contributed by atoms with van der Waals surface area (Å²) in [7, 11) is 0. The van der Waals surface area contributed by atoms with Crippen LogP contribution < -0.4 is 4.90 Å². The zero-order valence-electron chi connectivity index (χ0n) is 9.51. The Morgan fingerprint density at radius 1 is 1.44 bits per heavy atom. The molecule has 1 aromatic rings. The minimum absolute atomic E-state index is 0.0820. The summed E-state index contributed by atoms with van der Waals surface area (Å²) in [6, 6.07) is 3.14. The van der Waals surface area contributed by atoms with Crippen LogP contribution >= 0.6 is 0 Å². The molecule has 0 saturated carbocycles. The molecule has 2 rings (SSSR count). The van der Waals surface area contributed by atoms with E-state index in [9.17, 15) is 18.8 Å². The van der Waals surface area contributed by atoms with Gasteiger partial charge in [0.15, 0.2) is 0 Å². The van der Waals surface area contributed by atoms with Crippen LogP contribution in [0, 0.1) is 11.7 Å². The smallest absolute Gasteiger partial charge is 0.338 e. The van der Waals surface area contributed by atoms with Gasteiger partial charge in [0, 0.05) is 12.3 Å². The Bertz CT molecular complexity index is 555. The number of carboxylic acids is 1. The van der Waals surface area contributed by atoms with E-state index in [1.165, 1.54) is 6.07 Å². The normalized spacial score (nSPS) is 19.4. The molecular weight excluding hydrogens is 241 g/mol. The molecule has 1 heterocycles. The average molecular weight is 251 g/mol. The lowest BCUT2D eigenvalue weighted by Gasteiger charge is -2.15. The van der Waals surface area contributed by atoms with E-state index in [1.807, 2.05) is 0 Å². The molecule has 1 unspecified atom stereocenters. The summed E-state index contributed by atoms with van der Waals surface area (Å²) in [5, 5.41) is 8.79. The Kier molecular flexibility index (Phi) is 2.86. The van der Waals surface area contributed by atoms with E-state index in [-0.39, 0.29) is 12.1 Å². The predicted molar refractivity (Wildman–Crippen MR) is 59.6 cm³/mol. The van der Waals surface area contributed by atoms with Gasteiger partial charge in [0.1, 0.15) is 5.82 Å². The van der Waals surface area contributed by atoms with Crippen LogP contribution in [0.5, 0.6) is 0 Å². The molecule has 18 heavy (non-hydrogen) atoms. The van der Waals surface area contributed by atoms with Gasteiger partial charge < -0.3 is 5.11 Å². The Hall–Kier alpha value is -2.24. The first-order valence-corrected chi connectivity index (χ1v) is 5.31. The maximum absolute atomic E-state index is 13.2. The standard InChI is InChI=1S/C12H10FNO4/c1-6-4-10(15)14(11(6)16)7-2-3-9(13)8(5-7)12(17)18/h2-3,5-6H,4H2,1H3,(H,17,18). The summed E-state index contributed by atoms with van der Waals surface area (Å²) in [5.74, 6) is -3.59. The number of halogens is 1. The van der Waals surface area contributed by atoms with Gasteiger partial charge in [-0.05, 0) is 18.2 Å². The molecule has 0 radical (unpaired) electrons. The van der Waals surface area contributed by atoms with Crippen molar-refractivity contribution < 1.29 is 23.9 Å². The van der Waals surface area contributed by atoms with Crippen LogP contribution in [0.15, 0.2) is 18.2 Å². The van der Waals surface area contributed by atoms with Crippen molar-refractivity contribution in [3.63, 3.8) is 0 Å². The van der Waals surface area contributed by atoms with Crippen molar-refractivity contribution in [2.24, 2.45) is 5.92 Å². The Morgan fingerprint density at radius 3 is 2.61 bits per heavy atom. The van der Waals surface area contributed by atoms with Crippen molar-refractivity contribution in [2.45, 2.75) is 13.3 Å². The number of hydrogen-bond donors (Lipinski definition) is 1. The molecule has 1 aliphatic rings. The number of amides is 2. The van der Waals surface area contributed by atoms with E-state index in [0.717, 1.165) is 17.0 Å². The first kappa shape index (κ1) is 12.2. The SMILES string of the molecule is CC1CC(=O)N(c2ccc(F)c(C(=O)O)c2)C1=O. The molecule has 1 atom stereocenters. The molecule has 1 aliphatic heterocycles. The van der Waals surface area contributed by atoms with E-state index >= 15 is 0 Å². The third-order valence-corrected chi connectivity index (χ3v) is 2.81. The molecule has 1 N–H and O–H groups in total. The van der Waals surface area contributed by atoms with Crippen molar-refractivity contribution in [3.05, 3.63) is 29.6 Å². The minimum atomic E-state index is -1.44. The van der Waals surface area contributed by atoms with Crippen molar-refractivity contribution in [1.29, 1.82) is 0 Å². The van der Waals surface area contributed by atoms with Gasteiger partial charge in [-0.3, -0.25) is 14.5 Å². The summed E-state index contributed by atoms with van der Waals surface area (Å²) in [4.78, 5) is 35.1. The third kappa shape index (κ3) is 1.85. The van der Waals surface area contributed by atoms with Crippen molar-refractivity contribution in [3.8, 4) is 0 Å². The van der Waals surface area contributed by atoms with Gasteiger partial charge in [-0.15, -0.1) is 0 Å². The molecule has 5 nitrogen and oxygen atoms in total. The first-order chi connectivity index (χ1) is 8.41. The van der Waals surface area contributed by atoms with Crippen LogP contribution in [0.1, 0.15) is 23.7 Å². The summed E-state index contributed by atoms with van der Waals surface area (Å²) < 4.78 is 13.2. The molecule has 0 aliphatic carbocycles. The number of hydrogen-bond acceptors (Lipinski definition) is 3. The van der Waals surface area contributed by atoms with Gasteiger partial charge in [0.25, 0.3) is 0 Å². The van der Waals surface area contributed by atoms with Crippen LogP contribution in [0.2, 0.25) is 0 Å². The lowest BCUT2D eigenvalue weighted by Crippen LogP contribution is -2.30. The van der Waals surface area contributed by atoms with Crippen LogP contribution in [-0.4, -0.2) is 22.9 Å². The monoisotopic (exact) mass is 251 g/mol. The number of benzene rings is 1. The van der Waals surface area contributed by atoms with Gasteiger partial charge in [-0.1, -0.05) is 6.92 Å². The Labute approximate surface area is 102 Å². The molecule has 1 saturated heterocycles. The molecule has 0 bridgehead atoms. The lowest BCUT2D eigenvalue weighted by atomic mass is 10.1. The van der Waals surface area contributed by atoms with E-state index in [4.69, 9.17) is 5.11 Å². The average Bonchev–Trinajstić information content (AvgIpc) is 2.54. The van der Waals surface area contributed by atoms with E-state index < -0.39 is 35.1 Å². The molecule has 1 aromatic carbocycles. The number of carbonyl (C=O) groups excluding carboxylic acids is 2. The largest absolute Gasteiger partial charge is 0.478 e. The topological polar surface area (TPSA) is 74.7 Å². The van der Waals surface area contributed by atoms with E-state index in [2.05, 4.69) is 0 Å². The third-order valence-electron chi connectivity index (χ3n) is 2.81. The first-order valence-electron chi connectivity index (χ1n) is 5.31. The number of anilines is 1. The fourth-order valence-electron chi connectivity index (χ4n) is 1.87. The number of carboxylic acid groups (broad SMARTS) is 1. The Morgan fingerprint density at radius 2 is 2.11 bits per heavy atom. The molecule has 1 fully saturated rings. The zero-order chi connectivity index (χ0) is 13.4. The molecule has 94 valence electrons. The zero-order valence-corrected chi connectivity index (χ0v) is 9.51. The molecule has 0 aromatic heterocycles. The highest BCUT2D eigenvalue weighted by Crippen LogP contribution is 2.27. The maximum Gasteiger partial charge on any atom is 0.338 e. The molecule has 2 amide bonds. The molecule has 0 spiro atoms. The predicted octanol–water partition coefficient (Wildman–Crippen LogP) is 1.42. The second kappa shape index (κ2) is 4.21. The van der Waals surface area contributed by atoms with Gasteiger partial charge in [0.2, 0.25) is 11.8 Å². The fourth-order valence-corrected chi connectivity index (χ4v) is 1.87. The van der Waals surface area contributed by atoms with E-state index in [0.29, 0.717) is 0 Å². The number of rotatable bonds is 2. The summed E-state index contributed by atoms with van der Waals surface area (Å²) in [5.41, 5.74) is -0.471.